The van der Waals surface area contributed by atoms with Gasteiger partial charge < -0.3 is 15.4 Å². The lowest BCUT2D eigenvalue weighted by molar-refractivity contribution is -0.117. The quantitative estimate of drug-likeness (QED) is 0.353. The van der Waals surface area contributed by atoms with Gasteiger partial charge in [0.2, 0.25) is 5.91 Å². The van der Waals surface area contributed by atoms with E-state index in [4.69, 9.17) is 4.74 Å². The van der Waals surface area contributed by atoms with E-state index >= 15 is 0 Å². The zero-order valence-electron chi connectivity index (χ0n) is 17.6. The summed E-state index contributed by atoms with van der Waals surface area (Å²) in [5.41, 5.74) is 4.88. The molecule has 2 atom stereocenters. The number of amides is 1. The Balaban J connectivity index is 1.20. The molecule has 1 fully saturated rings. The van der Waals surface area contributed by atoms with Gasteiger partial charge in [-0.3, -0.25) is 4.79 Å². The first-order valence-electron chi connectivity index (χ1n) is 10.5. The van der Waals surface area contributed by atoms with Crippen LogP contribution in [0.2, 0.25) is 0 Å². The van der Waals surface area contributed by atoms with Crippen molar-refractivity contribution in [1.29, 1.82) is 0 Å². The van der Waals surface area contributed by atoms with Crippen molar-refractivity contribution in [3.05, 3.63) is 89.8 Å². The SMILES string of the molecule is COc1cccc(Nc2nc(-c3ccc(NC(=O)C4CC4c4ccccc4)cc3)cs2)c1. The standard InChI is InChI=1S/C26H23N3O2S/c1-31-21-9-5-8-20(14-21)28-26-29-24(16-32-26)18-10-12-19(13-11-18)27-25(30)23-15-22(23)17-6-3-2-4-7-17/h2-14,16,22-23H,15H2,1H3,(H,27,30)(H,28,29). The topological polar surface area (TPSA) is 63.2 Å². The molecular weight excluding hydrogens is 418 g/mol. The van der Waals surface area contributed by atoms with Crippen LogP contribution in [0.5, 0.6) is 5.75 Å². The van der Waals surface area contributed by atoms with Gasteiger partial charge in [0.15, 0.2) is 5.13 Å². The van der Waals surface area contributed by atoms with Crippen LogP contribution in [0.25, 0.3) is 11.3 Å². The molecule has 0 aliphatic heterocycles. The van der Waals surface area contributed by atoms with Crippen LogP contribution >= 0.6 is 11.3 Å². The van der Waals surface area contributed by atoms with Crippen molar-refractivity contribution in [2.24, 2.45) is 5.92 Å². The van der Waals surface area contributed by atoms with Gasteiger partial charge in [0.05, 0.1) is 12.8 Å². The Labute approximate surface area is 191 Å². The summed E-state index contributed by atoms with van der Waals surface area (Å²) >= 11 is 1.55. The van der Waals surface area contributed by atoms with Gasteiger partial charge in [-0.1, -0.05) is 48.5 Å². The first-order valence-corrected chi connectivity index (χ1v) is 11.4. The van der Waals surface area contributed by atoms with Gasteiger partial charge in [-0.15, -0.1) is 11.3 Å². The number of nitrogens with one attached hydrogen (secondary N) is 2. The minimum Gasteiger partial charge on any atom is -0.497 e. The second kappa shape index (κ2) is 8.85. The molecule has 1 aliphatic carbocycles. The van der Waals surface area contributed by atoms with Gasteiger partial charge in [0.1, 0.15) is 5.75 Å². The number of anilines is 3. The van der Waals surface area contributed by atoms with Crippen LogP contribution < -0.4 is 15.4 Å². The van der Waals surface area contributed by atoms with Gasteiger partial charge in [-0.25, -0.2) is 4.98 Å². The number of carbonyl (C=O) groups is 1. The average Bonchev–Trinajstić information content (AvgIpc) is 3.52. The monoisotopic (exact) mass is 441 g/mol. The Morgan fingerprint density at radius 3 is 2.59 bits per heavy atom. The van der Waals surface area contributed by atoms with Crippen LogP contribution in [-0.2, 0) is 4.79 Å². The minimum atomic E-state index is 0.0564. The van der Waals surface area contributed by atoms with Crippen LogP contribution in [-0.4, -0.2) is 18.0 Å². The molecule has 2 N–H and O–H groups in total. The molecule has 32 heavy (non-hydrogen) atoms. The number of hydrogen-bond donors (Lipinski definition) is 2. The number of thiazole rings is 1. The summed E-state index contributed by atoms with van der Waals surface area (Å²) in [7, 11) is 1.65. The van der Waals surface area contributed by atoms with Crippen molar-refractivity contribution in [1.82, 2.24) is 4.98 Å². The smallest absolute Gasteiger partial charge is 0.228 e. The maximum atomic E-state index is 12.6. The normalized spacial score (nSPS) is 16.9. The van der Waals surface area contributed by atoms with E-state index in [1.165, 1.54) is 5.56 Å². The zero-order valence-corrected chi connectivity index (χ0v) is 18.4. The summed E-state index contributed by atoms with van der Waals surface area (Å²) in [6, 6.07) is 25.8. The second-order valence-corrected chi connectivity index (χ2v) is 8.68. The Morgan fingerprint density at radius 1 is 1.00 bits per heavy atom. The fraction of sp³-hybridized carbons (Fsp3) is 0.154. The fourth-order valence-corrected chi connectivity index (χ4v) is 4.54. The predicted octanol–water partition coefficient (Wildman–Crippen LogP) is 6.30. The molecular formula is C26H23N3O2S. The predicted molar refractivity (Wildman–Crippen MR) is 130 cm³/mol. The number of ether oxygens (including phenoxy) is 1. The van der Waals surface area contributed by atoms with Gasteiger partial charge >= 0.3 is 0 Å². The number of rotatable bonds is 7. The lowest BCUT2D eigenvalue weighted by Gasteiger charge is -2.06. The summed E-state index contributed by atoms with van der Waals surface area (Å²) < 4.78 is 5.27. The highest BCUT2D eigenvalue weighted by Gasteiger charge is 2.43. The van der Waals surface area contributed by atoms with Gasteiger partial charge in [0.25, 0.3) is 0 Å². The van der Waals surface area contributed by atoms with Crippen molar-refractivity contribution < 1.29 is 9.53 Å². The molecule has 0 radical (unpaired) electrons. The molecule has 0 spiro atoms. The number of methoxy groups -OCH3 is 1. The highest BCUT2D eigenvalue weighted by atomic mass is 32.1. The van der Waals surface area contributed by atoms with E-state index in [2.05, 4.69) is 27.8 Å². The van der Waals surface area contributed by atoms with Gasteiger partial charge in [-0.2, -0.15) is 0 Å². The van der Waals surface area contributed by atoms with Crippen LogP contribution in [0.15, 0.2) is 84.2 Å². The summed E-state index contributed by atoms with van der Waals surface area (Å²) in [5, 5.41) is 9.19. The summed E-state index contributed by atoms with van der Waals surface area (Å²) in [6.45, 7) is 0. The first-order chi connectivity index (χ1) is 15.7. The summed E-state index contributed by atoms with van der Waals surface area (Å²) in [5.74, 6) is 1.28. The fourth-order valence-electron chi connectivity index (χ4n) is 3.80. The molecule has 3 aromatic carbocycles. The van der Waals surface area contributed by atoms with Crippen LogP contribution in [0.1, 0.15) is 17.9 Å². The summed E-state index contributed by atoms with van der Waals surface area (Å²) in [4.78, 5) is 17.3. The van der Waals surface area contributed by atoms with E-state index in [9.17, 15) is 4.79 Å². The van der Waals surface area contributed by atoms with Crippen LogP contribution in [0, 0.1) is 5.92 Å². The number of benzene rings is 3. The Bertz CT molecular complexity index is 1220. The minimum absolute atomic E-state index is 0.0564. The third kappa shape index (κ3) is 4.50. The largest absolute Gasteiger partial charge is 0.497 e. The average molecular weight is 442 g/mol. The Kier molecular flexibility index (Phi) is 5.60. The molecule has 5 rings (SSSR count). The molecule has 1 heterocycles. The van der Waals surface area contributed by atoms with Crippen molar-refractivity contribution >= 4 is 33.8 Å². The maximum Gasteiger partial charge on any atom is 0.228 e. The van der Waals surface area contributed by atoms with Crippen molar-refractivity contribution in [2.75, 3.05) is 17.7 Å². The highest BCUT2D eigenvalue weighted by Crippen LogP contribution is 2.47. The highest BCUT2D eigenvalue weighted by molar-refractivity contribution is 7.14. The van der Waals surface area contributed by atoms with E-state index in [1.54, 1.807) is 18.4 Å². The molecule has 0 bridgehead atoms. The molecule has 1 saturated carbocycles. The molecule has 6 heteroatoms. The van der Waals surface area contributed by atoms with E-state index in [0.29, 0.717) is 5.92 Å². The van der Waals surface area contributed by atoms with E-state index in [-0.39, 0.29) is 11.8 Å². The third-order valence-corrected chi connectivity index (χ3v) is 6.39. The molecule has 1 aromatic heterocycles. The van der Waals surface area contributed by atoms with E-state index < -0.39 is 0 Å². The number of aromatic nitrogens is 1. The molecule has 5 nitrogen and oxygen atoms in total. The van der Waals surface area contributed by atoms with E-state index in [0.717, 1.165) is 39.9 Å². The van der Waals surface area contributed by atoms with E-state index in [1.807, 2.05) is 72.1 Å². The Hall–Kier alpha value is -3.64. The lowest BCUT2D eigenvalue weighted by Crippen LogP contribution is -2.14. The summed E-state index contributed by atoms with van der Waals surface area (Å²) in [6.07, 6.45) is 0.913. The second-order valence-electron chi connectivity index (χ2n) is 7.82. The maximum absolute atomic E-state index is 12.6. The van der Waals surface area contributed by atoms with Gasteiger partial charge in [-0.05, 0) is 42.2 Å². The number of carbonyl (C=O) groups excluding carboxylic acids is 1. The number of nitrogens with zero attached hydrogens (tertiary/aromatic N) is 1. The van der Waals surface area contributed by atoms with Crippen molar-refractivity contribution in [2.45, 2.75) is 12.3 Å². The van der Waals surface area contributed by atoms with Gasteiger partial charge in [0, 0.05) is 34.3 Å². The molecule has 4 aromatic rings. The van der Waals surface area contributed by atoms with Crippen LogP contribution in [0.3, 0.4) is 0 Å². The van der Waals surface area contributed by atoms with Crippen molar-refractivity contribution in [3.63, 3.8) is 0 Å². The first kappa shape index (κ1) is 20.3. The molecule has 1 amide bonds. The molecule has 160 valence electrons. The van der Waals surface area contributed by atoms with Crippen LogP contribution in [0.4, 0.5) is 16.5 Å². The Morgan fingerprint density at radius 2 is 1.81 bits per heavy atom. The number of hydrogen-bond acceptors (Lipinski definition) is 5. The third-order valence-electron chi connectivity index (χ3n) is 5.63. The molecule has 1 aliphatic rings. The molecule has 0 saturated heterocycles. The molecule has 2 unspecified atom stereocenters. The zero-order chi connectivity index (χ0) is 21.9. The lowest BCUT2D eigenvalue weighted by atomic mass is 10.1. The van der Waals surface area contributed by atoms with Crippen molar-refractivity contribution in [3.8, 4) is 17.0 Å².